The van der Waals surface area contributed by atoms with E-state index in [1.807, 2.05) is 12.2 Å². The zero-order valence-electron chi connectivity index (χ0n) is 51.3. The molecule has 0 aliphatic carbocycles. The summed E-state index contributed by atoms with van der Waals surface area (Å²) in [5.41, 5.74) is 0. The van der Waals surface area contributed by atoms with E-state index >= 15 is 0 Å². The summed E-state index contributed by atoms with van der Waals surface area (Å²) >= 11 is 0. The van der Waals surface area contributed by atoms with Crippen molar-refractivity contribution in [1.82, 2.24) is 0 Å². The van der Waals surface area contributed by atoms with Crippen molar-refractivity contribution in [1.29, 1.82) is 0 Å². The molecule has 0 saturated carbocycles. The maximum absolute atomic E-state index is 12.9. The molecule has 1 atom stereocenters. The molecule has 6 heteroatoms. The Morgan fingerprint density at radius 1 is 0.263 bits per heavy atom. The van der Waals surface area contributed by atoms with Crippen LogP contribution in [0.1, 0.15) is 258 Å². The van der Waals surface area contributed by atoms with Gasteiger partial charge >= 0.3 is 17.9 Å². The Balaban J connectivity index is 4.39. The summed E-state index contributed by atoms with van der Waals surface area (Å²) in [6, 6.07) is 0. The number of unbranched alkanes of at least 4 members (excludes halogenated alkanes) is 17. The maximum Gasteiger partial charge on any atom is 0.306 e. The number of carbonyl (C=O) groups excluding carboxylic acids is 3. The van der Waals surface area contributed by atoms with Gasteiger partial charge in [0.2, 0.25) is 0 Å². The van der Waals surface area contributed by atoms with E-state index in [2.05, 4.69) is 179 Å². The highest BCUT2D eigenvalue weighted by Crippen LogP contribution is 2.13. The number of hydrogen-bond donors (Lipinski definition) is 0. The molecule has 6 nitrogen and oxygen atoms in total. The van der Waals surface area contributed by atoms with E-state index in [1.54, 1.807) is 0 Å². The minimum absolute atomic E-state index is 0.121. The molecule has 0 rings (SSSR count). The van der Waals surface area contributed by atoms with Crippen molar-refractivity contribution >= 4 is 17.9 Å². The van der Waals surface area contributed by atoms with Crippen LogP contribution in [-0.2, 0) is 28.6 Å². The number of ether oxygens (including phenoxy) is 3. The van der Waals surface area contributed by atoms with Gasteiger partial charge in [0, 0.05) is 19.3 Å². The number of esters is 3. The van der Waals surface area contributed by atoms with Gasteiger partial charge in [0.1, 0.15) is 13.2 Å². The molecule has 80 heavy (non-hydrogen) atoms. The van der Waals surface area contributed by atoms with Gasteiger partial charge in [-0.25, -0.2) is 0 Å². The van der Waals surface area contributed by atoms with Gasteiger partial charge in [0.15, 0.2) is 6.10 Å². The number of allylic oxidation sites excluding steroid dienone is 28. The number of rotatable bonds is 56. The van der Waals surface area contributed by atoms with Crippen LogP contribution in [-0.4, -0.2) is 37.2 Å². The highest BCUT2D eigenvalue weighted by atomic mass is 16.6. The predicted molar refractivity (Wildman–Crippen MR) is 348 cm³/mol. The van der Waals surface area contributed by atoms with E-state index in [1.165, 1.54) is 57.8 Å². The second-order valence-corrected chi connectivity index (χ2v) is 20.5. The minimum Gasteiger partial charge on any atom is -0.462 e. The third-order valence-electron chi connectivity index (χ3n) is 12.9. The zero-order chi connectivity index (χ0) is 57.8. The fourth-order valence-electron chi connectivity index (χ4n) is 8.21. The lowest BCUT2D eigenvalue weighted by atomic mass is 10.1. The molecule has 0 N–H and O–H groups in total. The fraction of sp³-hybridized carbons (Fsp3) is 0.581. The van der Waals surface area contributed by atoms with Crippen LogP contribution in [0.4, 0.5) is 0 Å². The van der Waals surface area contributed by atoms with Crippen LogP contribution in [0.15, 0.2) is 170 Å². The summed E-state index contributed by atoms with van der Waals surface area (Å²) in [4.78, 5) is 38.2. The Labute approximate surface area is 492 Å². The van der Waals surface area contributed by atoms with Crippen molar-refractivity contribution in [3.63, 3.8) is 0 Å². The maximum atomic E-state index is 12.9. The first-order valence-electron chi connectivity index (χ1n) is 32.1. The molecule has 448 valence electrons. The molecule has 0 saturated heterocycles. The predicted octanol–water partition coefficient (Wildman–Crippen LogP) is 22.3. The first kappa shape index (κ1) is 74.8. The molecule has 0 bridgehead atoms. The highest BCUT2D eigenvalue weighted by molar-refractivity contribution is 5.71. The molecule has 0 radical (unpaired) electrons. The van der Waals surface area contributed by atoms with Gasteiger partial charge in [-0.2, -0.15) is 0 Å². The molecule has 0 aromatic heterocycles. The van der Waals surface area contributed by atoms with Crippen LogP contribution in [0, 0.1) is 0 Å². The summed E-state index contributed by atoms with van der Waals surface area (Å²) < 4.78 is 16.8. The second-order valence-electron chi connectivity index (χ2n) is 20.5. The van der Waals surface area contributed by atoms with Crippen molar-refractivity contribution in [3.05, 3.63) is 170 Å². The Morgan fingerprint density at radius 2 is 0.512 bits per heavy atom. The second kappa shape index (κ2) is 66.3. The Hall–Kier alpha value is -5.23. The van der Waals surface area contributed by atoms with Crippen molar-refractivity contribution in [3.8, 4) is 0 Å². The minimum atomic E-state index is -0.828. The Bertz CT molecular complexity index is 1840. The lowest BCUT2D eigenvalue weighted by Gasteiger charge is -2.18. The monoisotopic (exact) mass is 1100 g/mol. The van der Waals surface area contributed by atoms with Crippen LogP contribution < -0.4 is 0 Å². The molecule has 0 amide bonds. The number of carbonyl (C=O) groups is 3. The summed E-state index contributed by atoms with van der Waals surface area (Å²) in [5.74, 6) is -1.04. The first-order valence-corrected chi connectivity index (χ1v) is 32.1. The Kier molecular flexibility index (Phi) is 61.9. The average Bonchev–Trinajstić information content (AvgIpc) is 3.46. The van der Waals surface area contributed by atoms with Crippen molar-refractivity contribution in [2.24, 2.45) is 0 Å². The SMILES string of the molecule is CC/C=C\C/C=C\C/C=C\C/C=C\C/C=C\C/C=C\C/C=C\C/C=C\C/C=C\CCCCCCCC(=O)OCC(COC(=O)CC/C=C\C/C=C\C/C=C\C/C=C\CC)OC(=O)CCCCCCC/C=C\CCCCCCCCC. The molecule has 1 unspecified atom stereocenters. The molecular formula is C74H116O6. The zero-order valence-corrected chi connectivity index (χ0v) is 51.3. The topological polar surface area (TPSA) is 78.9 Å². The van der Waals surface area contributed by atoms with E-state index in [-0.39, 0.29) is 37.5 Å². The van der Waals surface area contributed by atoms with E-state index in [4.69, 9.17) is 14.2 Å². The van der Waals surface area contributed by atoms with Gasteiger partial charge in [-0.05, 0) is 141 Å². The summed E-state index contributed by atoms with van der Waals surface area (Å²) in [7, 11) is 0. The van der Waals surface area contributed by atoms with Crippen LogP contribution in [0.25, 0.3) is 0 Å². The van der Waals surface area contributed by atoms with Gasteiger partial charge in [-0.15, -0.1) is 0 Å². The molecule has 0 spiro atoms. The largest absolute Gasteiger partial charge is 0.462 e. The molecule has 0 aliphatic rings. The lowest BCUT2D eigenvalue weighted by molar-refractivity contribution is -0.166. The molecule has 0 aromatic rings. The molecule has 0 aromatic carbocycles. The van der Waals surface area contributed by atoms with Gasteiger partial charge in [0.25, 0.3) is 0 Å². The normalized spacial score (nSPS) is 13.3. The van der Waals surface area contributed by atoms with E-state index in [0.29, 0.717) is 19.3 Å². The molecular weight excluding hydrogens is 985 g/mol. The first-order chi connectivity index (χ1) is 39.5. The van der Waals surface area contributed by atoms with Gasteiger partial charge in [-0.3, -0.25) is 14.4 Å². The van der Waals surface area contributed by atoms with Gasteiger partial charge in [-0.1, -0.05) is 268 Å². The van der Waals surface area contributed by atoms with E-state index < -0.39 is 6.10 Å². The summed E-state index contributed by atoms with van der Waals surface area (Å²) in [5, 5.41) is 0. The highest BCUT2D eigenvalue weighted by Gasteiger charge is 2.19. The van der Waals surface area contributed by atoms with Crippen LogP contribution >= 0.6 is 0 Å². The van der Waals surface area contributed by atoms with E-state index in [9.17, 15) is 14.4 Å². The van der Waals surface area contributed by atoms with Crippen molar-refractivity contribution in [2.45, 2.75) is 264 Å². The van der Waals surface area contributed by atoms with Crippen LogP contribution in [0.2, 0.25) is 0 Å². The van der Waals surface area contributed by atoms with Crippen molar-refractivity contribution in [2.75, 3.05) is 13.2 Å². The summed E-state index contributed by atoms with van der Waals surface area (Å²) in [6.45, 7) is 6.31. The fourth-order valence-corrected chi connectivity index (χ4v) is 8.21. The number of hydrogen-bond acceptors (Lipinski definition) is 6. The smallest absolute Gasteiger partial charge is 0.306 e. The lowest BCUT2D eigenvalue weighted by Crippen LogP contribution is -2.30. The molecule has 0 fully saturated rings. The average molecular weight is 1100 g/mol. The molecule has 0 heterocycles. The van der Waals surface area contributed by atoms with Crippen LogP contribution in [0.5, 0.6) is 0 Å². The quantitative estimate of drug-likeness (QED) is 0.0261. The van der Waals surface area contributed by atoms with Crippen molar-refractivity contribution < 1.29 is 28.6 Å². The van der Waals surface area contributed by atoms with Gasteiger partial charge in [0.05, 0.1) is 0 Å². The third-order valence-corrected chi connectivity index (χ3v) is 12.9. The third kappa shape index (κ3) is 63.6. The van der Waals surface area contributed by atoms with E-state index in [0.717, 1.165) is 154 Å². The summed E-state index contributed by atoms with van der Waals surface area (Å²) in [6.07, 6.45) is 98.1. The Morgan fingerprint density at radius 3 is 0.850 bits per heavy atom. The molecule has 0 aliphatic heterocycles. The van der Waals surface area contributed by atoms with Gasteiger partial charge < -0.3 is 14.2 Å². The van der Waals surface area contributed by atoms with Crippen LogP contribution in [0.3, 0.4) is 0 Å². The standard InChI is InChI=1S/C74H116O6/c1-4-7-10-13-16-19-22-25-27-29-30-31-32-33-34-35-36-37-38-39-40-41-42-43-44-45-47-49-52-55-58-61-64-67-73(76)79-70-71(69-78-72(75)66-63-60-57-54-51-48-24-21-18-15-12-9-6-3)80-74(77)68-65-62-59-56-53-50-46-28-26-23-20-17-14-11-8-5-2/h7,9-10,12,16,18-19,21,25,27-28,30-31,33-34,36-37,39-40,42-43,45-48,51,57,60,71H,4-6,8,11,13-15,17,20,22-24,26,29,32,35,38,41,44,49-50,52-56,58-59,61-70H2,1-3H3/b10-7-,12-9-,19-16-,21-18-,27-25-,31-30-,34-33-,37-36-,40-39-,43-42-,46-28-,47-45-,51-48-,60-57-.